The first kappa shape index (κ1) is 11.3. The third-order valence-electron chi connectivity index (χ3n) is 2.76. The molecule has 0 amide bonds. The summed E-state index contributed by atoms with van der Waals surface area (Å²) in [6.45, 7) is 0. The van der Waals surface area contributed by atoms with Crippen molar-refractivity contribution in [1.29, 1.82) is 0 Å². The van der Waals surface area contributed by atoms with Crippen molar-refractivity contribution < 1.29 is 9.18 Å². The van der Waals surface area contributed by atoms with Crippen LogP contribution >= 0.6 is 11.6 Å². The van der Waals surface area contributed by atoms with Crippen LogP contribution in [-0.4, -0.2) is 5.78 Å². The Bertz CT molecular complexity index is 451. The van der Waals surface area contributed by atoms with E-state index in [9.17, 15) is 9.18 Å². The summed E-state index contributed by atoms with van der Waals surface area (Å²) in [5.41, 5.74) is 0.799. The van der Waals surface area contributed by atoms with E-state index in [0.29, 0.717) is 10.6 Å². The quantitative estimate of drug-likeness (QED) is 0.707. The Hall–Kier alpha value is -1.15. The standard InChI is InChI=1S/C13H12ClFO/c14-10-6-7-12(15)11(8-10)13(16)9-4-2-1-3-5-9/h4,6-8H,1-3,5H2. The fourth-order valence-corrected chi connectivity index (χ4v) is 2.06. The molecule has 0 aromatic heterocycles. The van der Waals surface area contributed by atoms with E-state index in [-0.39, 0.29) is 11.3 Å². The summed E-state index contributed by atoms with van der Waals surface area (Å²) in [6, 6.07) is 4.08. The lowest BCUT2D eigenvalue weighted by Crippen LogP contribution is -2.08. The maximum atomic E-state index is 13.5. The van der Waals surface area contributed by atoms with E-state index in [1.54, 1.807) is 0 Å². The van der Waals surface area contributed by atoms with Crippen molar-refractivity contribution in [2.75, 3.05) is 0 Å². The summed E-state index contributed by atoms with van der Waals surface area (Å²) in [7, 11) is 0. The van der Waals surface area contributed by atoms with E-state index in [4.69, 9.17) is 11.6 Å². The zero-order valence-electron chi connectivity index (χ0n) is 8.80. The molecule has 0 radical (unpaired) electrons. The first-order valence-corrected chi connectivity index (χ1v) is 5.75. The van der Waals surface area contributed by atoms with Gasteiger partial charge < -0.3 is 0 Å². The normalized spacial score (nSPS) is 15.8. The molecule has 16 heavy (non-hydrogen) atoms. The number of halogens is 2. The number of ketones is 1. The predicted molar refractivity (Wildman–Crippen MR) is 62.3 cm³/mol. The average Bonchev–Trinajstić information content (AvgIpc) is 2.32. The van der Waals surface area contributed by atoms with Gasteiger partial charge in [-0.15, -0.1) is 0 Å². The van der Waals surface area contributed by atoms with E-state index >= 15 is 0 Å². The van der Waals surface area contributed by atoms with Crippen LogP contribution in [0.2, 0.25) is 5.02 Å². The second-order valence-electron chi connectivity index (χ2n) is 3.93. The fraction of sp³-hybridized carbons (Fsp3) is 0.308. The number of allylic oxidation sites excluding steroid dienone is 2. The molecule has 84 valence electrons. The topological polar surface area (TPSA) is 17.1 Å². The van der Waals surface area contributed by atoms with E-state index in [0.717, 1.165) is 25.7 Å². The van der Waals surface area contributed by atoms with E-state index in [1.807, 2.05) is 6.08 Å². The number of benzene rings is 1. The largest absolute Gasteiger partial charge is 0.289 e. The highest BCUT2D eigenvalue weighted by Gasteiger charge is 2.18. The van der Waals surface area contributed by atoms with Crippen molar-refractivity contribution in [2.45, 2.75) is 25.7 Å². The fourth-order valence-electron chi connectivity index (χ4n) is 1.89. The van der Waals surface area contributed by atoms with Gasteiger partial charge in [-0.1, -0.05) is 17.7 Å². The monoisotopic (exact) mass is 238 g/mol. The minimum atomic E-state index is -0.499. The third-order valence-corrected chi connectivity index (χ3v) is 2.99. The van der Waals surface area contributed by atoms with Crippen molar-refractivity contribution in [3.8, 4) is 0 Å². The van der Waals surface area contributed by atoms with Gasteiger partial charge in [0.05, 0.1) is 5.56 Å². The molecule has 0 saturated carbocycles. The van der Waals surface area contributed by atoms with Gasteiger partial charge in [0.25, 0.3) is 0 Å². The summed E-state index contributed by atoms with van der Waals surface area (Å²) in [6.07, 6.45) is 5.66. The molecule has 1 aromatic rings. The molecule has 2 rings (SSSR count). The Labute approximate surface area is 98.9 Å². The van der Waals surface area contributed by atoms with E-state index < -0.39 is 5.82 Å². The van der Waals surface area contributed by atoms with Gasteiger partial charge in [0.1, 0.15) is 5.82 Å². The molecule has 0 aliphatic heterocycles. The van der Waals surface area contributed by atoms with Gasteiger partial charge in [0, 0.05) is 5.02 Å². The molecule has 0 saturated heterocycles. The minimum Gasteiger partial charge on any atom is -0.289 e. The first-order valence-electron chi connectivity index (χ1n) is 5.37. The lowest BCUT2D eigenvalue weighted by atomic mass is 9.93. The molecule has 3 heteroatoms. The molecule has 1 aromatic carbocycles. The molecule has 1 nitrogen and oxygen atoms in total. The Morgan fingerprint density at radius 2 is 2.12 bits per heavy atom. The summed E-state index contributed by atoms with van der Waals surface area (Å²) >= 11 is 5.76. The summed E-state index contributed by atoms with van der Waals surface area (Å²) < 4.78 is 13.5. The van der Waals surface area contributed by atoms with Crippen molar-refractivity contribution >= 4 is 17.4 Å². The van der Waals surface area contributed by atoms with Gasteiger partial charge in [0.2, 0.25) is 0 Å². The van der Waals surface area contributed by atoms with Crippen molar-refractivity contribution in [3.05, 3.63) is 46.3 Å². The molecule has 0 atom stereocenters. The molecular formula is C13H12ClFO. The zero-order valence-corrected chi connectivity index (χ0v) is 9.56. The number of hydrogen-bond donors (Lipinski definition) is 0. The average molecular weight is 239 g/mol. The Balaban J connectivity index is 2.33. The lowest BCUT2D eigenvalue weighted by molar-refractivity contribution is 0.102. The van der Waals surface area contributed by atoms with Gasteiger partial charge in [-0.2, -0.15) is 0 Å². The minimum absolute atomic E-state index is 0.0839. The van der Waals surface area contributed by atoms with Gasteiger partial charge >= 0.3 is 0 Å². The van der Waals surface area contributed by atoms with Crippen LogP contribution in [0, 0.1) is 5.82 Å². The second-order valence-corrected chi connectivity index (χ2v) is 4.36. The number of Topliss-reactive ketones (excluding diaryl/α,β-unsaturated/α-hetero) is 1. The van der Waals surface area contributed by atoms with Crippen LogP contribution in [0.3, 0.4) is 0 Å². The van der Waals surface area contributed by atoms with Crippen molar-refractivity contribution in [1.82, 2.24) is 0 Å². The smallest absolute Gasteiger partial charge is 0.191 e. The maximum absolute atomic E-state index is 13.5. The van der Waals surface area contributed by atoms with Gasteiger partial charge in [0.15, 0.2) is 5.78 Å². The number of rotatable bonds is 2. The maximum Gasteiger partial charge on any atom is 0.191 e. The van der Waals surface area contributed by atoms with E-state index in [1.165, 1.54) is 18.2 Å². The number of hydrogen-bond acceptors (Lipinski definition) is 1. The molecule has 0 fully saturated rings. The highest BCUT2D eigenvalue weighted by molar-refractivity contribution is 6.31. The predicted octanol–water partition coefficient (Wildman–Crippen LogP) is 4.16. The number of carbonyl (C=O) groups is 1. The van der Waals surface area contributed by atoms with Crippen LogP contribution in [0.25, 0.3) is 0 Å². The highest BCUT2D eigenvalue weighted by atomic mass is 35.5. The van der Waals surface area contributed by atoms with Crippen LogP contribution in [0.4, 0.5) is 4.39 Å². The molecule has 0 bridgehead atoms. The van der Waals surface area contributed by atoms with Crippen LogP contribution in [0.1, 0.15) is 36.0 Å². The van der Waals surface area contributed by atoms with Gasteiger partial charge in [-0.3, -0.25) is 4.79 Å². The lowest BCUT2D eigenvalue weighted by Gasteiger charge is -2.12. The first-order chi connectivity index (χ1) is 7.68. The molecular weight excluding hydrogens is 227 g/mol. The Morgan fingerprint density at radius 1 is 1.31 bits per heavy atom. The SMILES string of the molecule is O=C(C1=CCCCC1)c1cc(Cl)ccc1F. The van der Waals surface area contributed by atoms with Crippen LogP contribution < -0.4 is 0 Å². The van der Waals surface area contributed by atoms with Gasteiger partial charge in [-0.05, 0) is 49.5 Å². The summed E-state index contributed by atoms with van der Waals surface area (Å²) in [4.78, 5) is 12.0. The Morgan fingerprint density at radius 3 is 2.81 bits per heavy atom. The van der Waals surface area contributed by atoms with Crippen LogP contribution in [0.15, 0.2) is 29.8 Å². The molecule has 1 aliphatic rings. The van der Waals surface area contributed by atoms with E-state index in [2.05, 4.69) is 0 Å². The zero-order chi connectivity index (χ0) is 11.5. The summed E-state index contributed by atoms with van der Waals surface area (Å²) in [5.74, 6) is -0.722. The second kappa shape index (κ2) is 4.79. The molecule has 0 heterocycles. The van der Waals surface area contributed by atoms with Crippen molar-refractivity contribution in [3.63, 3.8) is 0 Å². The molecule has 0 spiro atoms. The van der Waals surface area contributed by atoms with Crippen LogP contribution in [-0.2, 0) is 0 Å². The van der Waals surface area contributed by atoms with Crippen molar-refractivity contribution in [2.24, 2.45) is 0 Å². The highest BCUT2D eigenvalue weighted by Crippen LogP contribution is 2.24. The molecule has 0 unspecified atom stereocenters. The van der Waals surface area contributed by atoms with Gasteiger partial charge in [-0.25, -0.2) is 4.39 Å². The number of carbonyl (C=O) groups excluding carboxylic acids is 1. The van der Waals surface area contributed by atoms with Crippen LogP contribution in [0.5, 0.6) is 0 Å². The molecule has 0 N–H and O–H groups in total. The third kappa shape index (κ3) is 2.33. The Kier molecular flexibility index (Phi) is 3.39. The summed E-state index contributed by atoms with van der Waals surface area (Å²) in [5, 5.41) is 0.390. The molecule has 1 aliphatic carbocycles.